The standard InChI is InChI=1S/C9H11N3O4/c13-8(6-2-1-3-16-6)11-5-4-10-12-7(5)9(14)15/h4,6H,1-3H2,(H,10,12)(H,11,13)(H,14,15). The van der Waals surface area contributed by atoms with Gasteiger partial charge in [-0.3, -0.25) is 9.89 Å². The highest BCUT2D eigenvalue weighted by atomic mass is 16.5. The molecule has 0 aromatic carbocycles. The summed E-state index contributed by atoms with van der Waals surface area (Å²) in [6.07, 6.45) is 2.27. The molecule has 7 heteroatoms. The normalized spacial score (nSPS) is 19.6. The molecule has 1 saturated heterocycles. The Morgan fingerprint density at radius 3 is 3.06 bits per heavy atom. The number of H-pyrrole nitrogens is 1. The lowest BCUT2D eigenvalue weighted by atomic mass is 10.2. The third kappa shape index (κ3) is 2.03. The minimum atomic E-state index is -1.17. The number of aromatic amines is 1. The van der Waals surface area contributed by atoms with Gasteiger partial charge in [0.1, 0.15) is 6.10 Å². The van der Waals surface area contributed by atoms with Gasteiger partial charge < -0.3 is 15.2 Å². The molecule has 0 radical (unpaired) electrons. The van der Waals surface area contributed by atoms with E-state index in [4.69, 9.17) is 9.84 Å². The van der Waals surface area contributed by atoms with Gasteiger partial charge in [0.05, 0.1) is 11.9 Å². The number of hydrogen-bond acceptors (Lipinski definition) is 4. The number of carbonyl (C=O) groups excluding carboxylic acids is 1. The van der Waals surface area contributed by atoms with Crippen molar-refractivity contribution in [2.75, 3.05) is 11.9 Å². The summed E-state index contributed by atoms with van der Waals surface area (Å²) in [5.74, 6) is -1.50. The van der Waals surface area contributed by atoms with Crippen molar-refractivity contribution in [2.24, 2.45) is 0 Å². The Labute approximate surface area is 90.8 Å². The fourth-order valence-electron chi connectivity index (χ4n) is 1.54. The van der Waals surface area contributed by atoms with Crippen molar-refractivity contribution in [2.45, 2.75) is 18.9 Å². The number of nitrogens with zero attached hydrogens (tertiary/aromatic N) is 1. The molecule has 1 aliphatic heterocycles. The molecule has 1 fully saturated rings. The number of anilines is 1. The lowest BCUT2D eigenvalue weighted by Gasteiger charge is -2.09. The molecule has 0 bridgehead atoms. The second kappa shape index (κ2) is 4.31. The van der Waals surface area contributed by atoms with E-state index in [0.717, 1.165) is 6.42 Å². The maximum atomic E-state index is 11.6. The van der Waals surface area contributed by atoms with Crippen LogP contribution in [-0.2, 0) is 9.53 Å². The van der Waals surface area contributed by atoms with E-state index < -0.39 is 12.1 Å². The summed E-state index contributed by atoms with van der Waals surface area (Å²) in [4.78, 5) is 22.3. The zero-order chi connectivity index (χ0) is 11.5. The summed E-state index contributed by atoms with van der Waals surface area (Å²) < 4.78 is 5.17. The van der Waals surface area contributed by atoms with Crippen LogP contribution in [0.25, 0.3) is 0 Å². The van der Waals surface area contributed by atoms with Gasteiger partial charge in [0.15, 0.2) is 5.69 Å². The first kappa shape index (κ1) is 10.6. The van der Waals surface area contributed by atoms with Crippen molar-refractivity contribution in [1.82, 2.24) is 10.2 Å². The largest absolute Gasteiger partial charge is 0.476 e. The summed E-state index contributed by atoms with van der Waals surface area (Å²) in [7, 11) is 0. The second-order valence-corrected chi connectivity index (χ2v) is 3.45. The van der Waals surface area contributed by atoms with Crippen molar-refractivity contribution in [1.29, 1.82) is 0 Å². The van der Waals surface area contributed by atoms with E-state index in [0.29, 0.717) is 13.0 Å². The third-order valence-corrected chi connectivity index (χ3v) is 2.33. The smallest absolute Gasteiger partial charge is 0.356 e. The number of aromatic carboxylic acids is 1. The Balaban J connectivity index is 2.05. The molecule has 0 saturated carbocycles. The summed E-state index contributed by atoms with van der Waals surface area (Å²) in [6.45, 7) is 0.565. The number of aromatic nitrogens is 2. The van der Waals surface area contributed by atoms with Crippen LogP contribution < -0.4 is 5.32 Å². The molecule has 1 aromatic rings. The van der Waals surface area contributed by atoms with Crippen LogP contribution in [0, 0.1) is 0 Å². The number of carbonyl (C=O) groups is 2. The Hall–Kier alpha value is -1.89. The number of amides is 1. The highest BCUT2D eigenvalue weighted by molar-refractivity contribution is 6.00. The van der Waals surface area contributed by atoms with Crippen molar-refractivity contribution in [3.05, 3.63) is 11.9 Å². The van der Waals surface area contributed by atoms with Crippen LogP contribution in [0.5, 0.6) is 0 Å². The van der Waals surface area contributed by atoms with Crippen LogP contribution in [0.15, 0.2) is 6.20 Å². The minimum absolute atomic E-state index is 0.133. The SMILES string of the molecule is O=C(O)c1[nH]ncc1NC(=O)C1CCCO1. The van der Waals surface area contributed by atoms with Gasteiger partial charge >= 0.3 is 5.97 Å². The highest BCUT2D eigenvalue weighted by Gasteiger charge is 2.25. The van der Waals surface area contributed by atoms with Crippen LogP contribution in [0.2, 0.25) is 0 Å². The first-order chi connectivity index (χ1) is 7.68. The Morgan fingerprint density at radius 1 is 1.62 bits per heavy atom. The molecule has 1 aromatic heterocycles. The van der Waals surface area contributed by atoms with Gasteiger partial charge in [-0.05, 0) is 12.8 Å². The molecule has 2 rings (SSSR count). The fourth-order valence-corrected chi connectivity index (χ4v) is 1.54. The lowest BCUT2D eigenvalue weighted by Crippen LogP contribution is -2.27. The summed E-state index contributed by atoms with van der Waals surface area (Å²) in [5, 5.41) is 17.1. The average molecular weight is 225 g/mol. The van der Waals surface area contributed by atoms with Gasteiger partial charge in [-0.15, -0.1) is 0 Å². The molecule has 86 valence electrons. The highest BCUT2D eigenvalue weighted by Crippen LogP contribution is 2.16. The topological polar surface area (TPSA) is 104 Å². The van der Waals surface area contributed by atoms with Crippen LogP contribution in [-0.4, -0.2) is 39.9 Å². The molecule has 7 nitrogen and oxygen atoms in total. The van der Waals surface area contributed by atoms with Crippen LogP contribution >= 0.6 is 0 Å². The molecule has 2 heterocycles. The van der Waals surface area contributed by atoms with Crippen LogP contribution in [0.4, 0.5) is 5.69 Å². The predicted octanol–water partition coefficient (Wildman–Crippen LogP) is 0.225. The minimum Gasteiger partial charge on any atom is -0.476 e. The Kier molecular flexibility index (Phi) is 2.86. The summed E-state index contributed by atoms with van der Waals surface area (Å²) in [6, 6.07) is 0. The van der Waals surface area contributed by atoms with Gasteiger partial charge in [0.25, 0.3) is 5.91 Å². The maximum absolute atomic E-state index is 11.6. The number of carboxylic acids is 1. The quantitative estimate of drug-likeness (QED) is 0.682. The van der Waals surface area contributed by atoms with E-state index in [-0.39, 0.29) is 17.3 Å². The van der Waals surface area contributed by atoms with Gasteiger partial charge in [0, 0.05) is 6.61 Å². The zero-order valence-electron chi connectivity index (χ0n) is 8.40. The first-order valence-corrected chi connectivity index (χ1v) is 4.87. The van der Waals surface area contributed by atoms with Crippen molar-refractivity contribution < 1.29 is 19.4 Å². The van der Waals surface area contributed by atoms with Crippen molar-refractivity contribution in [3.8, 4) is 0 Å². The molecule has 1 atom stereocenters. The van der Waals surface area contributed by atoms with E-state index >= 15 is 0 Å². The molecule has 1 amide bonds. The lowest BCUT2D eigenvalue weighted by molar-refractivity contribution is -0.124. The first-order valence-electron chi connectivity index (χ1n) is 4.87. The van der Waals surface area contributed by atoms with E-state index in [9.17, 15) is 9.59 Å². The molecule has 3 N–H and O–H groups in total. The molecule has 0 aliphatic carbocycles. The number of carboxylic acid groups (broad SMARTS) is 1. The number of hydrogen-bond donors (Lipinski definition) is 3. The number of nitrogens with one attached hydrogen (secondary N) is 2. The van der Waals surface area contributed by atoms with E-state index in [1.165, 1.54) is 6.20 Å². The molecular formula is C9H11N3O4. The van der Waals surface area contributed by atoms with E-state index in [1.54, 1.807) is 0 Å². The van der Waals surface area contributed by atoms with Crippen molar-refractivity contribution >= 4 is 17.6 Å². The molecular weight excluding hydrogens is 214 g/mol. The van der Waals surface area contributed by atoms with Gasteiger partial charge in [0.2, 0.25) is 0 Å². The van der Waals surface area contributed by atoms with E-state index in [1.807, 2.05) is 0 Å². The number of ether oxygens (including phenoxy) is 1. The maximum Gasteiger partial charge on any atom is 0.356 e. The second-order valence-electron chi connectivity index (χ2n) is 3.45. The predicted molar refractivity (Wildman–Crippen MR) is 53.2 cm³/mol. The van der Waals surface area contributed by atoms with E-state index in [2.05, 4.69) is 15.5 Å². The average Bonchev–Trinajstić information content (AvgIpc) is 2.86. The summed E-state index contributed by atoms with van der Waals surface area (Å²) in [5.41, 5.74) is 0.0272. The monoisotopic (exact) mass is 225 g/mol. The van der Waals surface area contributed by atoms with Gasteiger partial charge in [-0.2, -0.15) is 5.10 Å². The molecule has 1 aliphatic rings. The zero-order valence-corrected chi connectivity index (χ0v) is 8.40. The molecule has 0 spiro atoms. The molecule has 1 unspecified atom stereocenters. The van der Waals surface area contributed by atoms with Crippen molar-refractivity contribution in [3.63, 3.8) is 0 Å². The van der Waals surface area contributed by atoms with Crippen LogP contribution in [0.1, 0.15) is 23.3 Å². The van der Waals surface area contributed by atoms with Gasteiger partial charge in [-0.25, -0.2) is 4.79 Å². The third-order valence-electron chi connectivity index (χ3n) is 2.33. The van der Waals surface area contributed by atoms with Crippen LogP contribution in [0.3, 0.4) is 0 Å². The molecule has 16 heavy (non-hydrogen) atoms. The Morgan fingerprint density at radius 2 is 2.44 bits per heavy atom. The van der Waals surface area contributed by atoms with Gasteiger partial charge in [-0.1, -0.05) is 0 Å². The fraction of sp³-hybridized carbons (Fsp3) is 0.444. The summed E-state index contributed by atoms with van der Waals surface area (Å²) >= 11 is 0. The number of rotatable bonds is 3. The Bertz CT molecular complexity index is 409.